The second-order valence-corrected chi connectivity index (χ2v) is 6.30. The van der Waals surface area contributed by atoms with E-state index < -0.39 is 0 Å². The van der Waals surface area contributed by atoms with Gasteiger partial charge >= 0.3 is 0 Å². The molecule has 3 nitrogen and oxygen atoms in total. The molecule has 3 heteroatoms. The molecule has 3 unspecified atom stereocenters. The van der Waals surface area contributed by atoms with E-state index in [1.165, 1.54) is 51.6 Å². The molecule has 0 radical (unpaired) electrons. The Morgan fingerprint density at radius 2 is 1.71 bits per heavy atom. The van der Waals surface area contributed by atoms with Crippen LogP contribution in [0.15, 0.2) is 0 Å². The van der Waals surface area contributed by atoms with Gasteiger partial charge in [-0.1, -0.05) is 6.42 Å². The van der Waals surface area contributed by atoms with Gasteiger partial charge in [0.05, 0.1) is 0 Å². The Morgan fingerprint density at radius 1 is 1.00 bits per heavy atom. The fourth-order valence-corrected chi connectivity index (χ4v) is 4.24. The van der Waals surface area contributed by atoms with Crippen molar-refractivity contribution >= 4 is 0 Å². The lowest BCUT2D eigenvalue weighted by Gasteiger charge is -2.49. The summed E-state index contributed by atoms with van der Waals surface area (Å²) in [7, 11) is 4.46. The molecule has 0 aromatic heterocycles. The second-order valence-electron chi connectivity index (χ2n) is 6.30. The van der Waals surface area contributed by atoms with Crippen molar-refractivity contribution < 1.29 is 0 Å². The topological polar surface area (TPSA) is 18.5 Å². The van der Waals surface area contributed by atoms with Gasteiger partial charge in [-0.2, -0.15) is 0 Å². The minimum Gasteiger partial charge on any atom is -0.316 e. The molecular weight excluding hydrogens is 210 g/mol. The molecule has 3 aliphatic rings. The van der Waals surface area contributed by atoms with Crippen molar-refractivity contribution in [2.75, 3.05) is 27.2 Å². The number of piperidine rings is 2. The Kier molecular flexibility index (Phi) is 3.42. The lowest BCUT2D eigenvalue weighted by Crippen LogP contribution is -2.55. The Hall–Kier alpha value is -0.120. The van der Waals surface area contributed by atoms with E-state index in [1.807, 2.05) is 0 Å². The lowest BCUT2D eigenvalue weighted by molar-refractivity contribution is 0.0154. The standard InChI is InChI=1S/C14H27N3/c1-15-11-6-7-17(10-11)14-8-12-4-3-5-13(9-14)16(12)2/h11-15H,3-10H2,1-2H3. The molecule has 3 atom stereocenters. The number of likely N-dealkylation sites (tertiary alicyclic amines) is 1. The van der Waals surface area contributed by atoms with Crippen molar-refractivity contribution in [1.29, 1.82) is 0 Å². The van der Waals surface area contributed by atoms with E-state index in [4.69, 9.17) is 0 Å². The first-order valence-corrected chi connectivity index (χ1v) is 7.41. The summed E-state index contributed by atoms with van der Waals surface area (Å²) in [6, 6.07) is 3.37. The van der Waals surface area contributed by atoms with Gasteiger partial charge in [0.15, 0.2) is 0 Å². The van der Waals surface area contributed by atoms with Crippen molar-refractivity contribution in [3.63, 3.8) is 0 Å². The number of rotatable bonds is 2. The largest absolute Gasteiger partial charge is 0.316 e. The zero-order chi connectivity index (χ0) is 11.8. The summed E-state index contributed by atoms with van der Waals surface area (Å²) >= 11 is 0. The van der Waals surface area contributed by atoms with Crippen LogP contribution >= 0.6 is 0 Å². The molecule has 0 spiro atoms. The number of likely N-dealkylation sites (N-methyl/N-ethyl adjacent to an activating group) is 1. The van der Waals surface area contributed by atoms with E-state index in [-0.39, 0.29) is 0 Å². The molecule has 3 fully saturated rings. The Morgan fingerprint density at radius 3 is 2.29 bits per heavy atom. The average Bonchev–Trinajstić information content (AvgIpc) is 2.77. The van der Waals surface area contributed by atoms with Gasteiger partial charge in [-0.3, -0.25) is 4.90 Å². The van der Waals surface area contributed by atoms with E-state index in [2.05, 4.69) is 29.2 Å². The third-order valence-corrected chi connectivity index (χ3v) is 5.46. The van der Waals surface area contributed by atoms with Gasteiger partial charge in [0.1, 0.15) is 0 Å². The maximum Gasteiger partial charge on any atom is 0.0204 e. The van der Waals surface area contributed by atoms with Crippen LogP contribution in [0.3, 0.4) is 0 Å². The normalized spacial score (nSPS) is 44.1. The molecule has 3 rings (SSSR count). The second kappa shape index (κ2) is 4.87. The highest BCUT2D eigenvalue weighted by molar-refractivity contribution is 4.96. The van der Waals surface area contributed by atoms with Crippen LogP contribution < -0.4 is 5.32 Å². The highest BCUT2D eigenvalue weighted by Gasteiger charge is 2.39. The molecule has 0 amide bonds. The van der Waals surface area contributed by atoms with Gasteiger partial charge < -0.3 is 10.2 Å². The third-order valence-electron chi connectivity index (χ3n) is 5.46. The fraction of sp³-hybridized carbons (Fsp3) is 1.00. The van der Waals surface area contributed by atoms with Crippen LogP contribution in [0, 0.1) is 0 Å². The lowest BCUT2D eigenvalue weighted by atomic mass is 9.82. The number of hydrogen-bond acceptors (Lipinski definition) is 3. The van der Waals surface area contributed by atoms with Crippen LogP contribution in [0.4, 0.5) is 0 Å². The summed E-state index contributed by atoms with van der Waals surface area (Å²) in [5.74, 6) is 0. The van der Waals surface area contributed by atoms with Gasteiger partial charge in [0, 0.05) is 37.3 Å². The molecule has 0 aromatic carbocycles. The van der Waals surface area contributed by atoms with Crippen LogP contribution in [-0.2, 0) is 0 Å². The molecule has 3 heterocycles. The van der Waals surface area contributed by atoms with E-state index in [0.29, 0.717) is 0 Å². The maximum absolute atomic E-state index is 3.44. The molecule has 98 valence electrons. The Bertz CT molecular complexity index is 254. The smallest absolute Gasteiger partial charge is 0.0204 e. The van der Waals surface area contributed by atoms with Crippen molar-refractivity contribution in [3.05, 3.63) is 0 Å². The van der Waals surface area contributed by atoms with Crippen LogP contribution in [0.2, 0.25) is 0 Å². The van der Waals surface area contributed by atoms with Crippen molar-refractivity contribution in [1.82, 2.24) is 15.1 Å². The van der Waals surface area contributed by atoms with Gasteiger partial charge in [0.25, 0.3) is 0 Å². The van der Waals surface area contributed by atoms with E-state index >= 15 is 0 Å². The van der Waals surface area contributed by atoms with Crippen molar-refractivity contribution in [2.45, 2.75) is 62.7 Å². The summed E-state index contributed by atoms with van der Waals surface area (Å²) < 4.78 is 0. The number of hydrogen-bond donors (Lipinski definition) is 1. The van der Waals surface area contributed by atoms with Crippen LogP contribution in [-0.4, -0.2) is 61.2 Å². The van der Waals surface area contributed by atoms with Crippen molar-refractivity contribution in [3.8, 4) is 0 Å². The summed E-state index contributed by atoms with van der Waals surface area (Å²) in [5, 5.41) is 3.44. The number of nitrogens with zero attached hydrogens (tertiary/aromatic N) is 2. The van der Waals surface area contributed by atoms with Crippen LogP contribution in [0.25, 0.3) is 0 Å². The van der Waals surface area contributed by atoms with E-state index in [1.54, 1.807) is 0 Å². The molecule has 2 bridgehead atoms. The number of nitrogens with one attached hydrogen (secondary N) is 1. The SMILES string of the molecule is CNC1CCN(C2CC3CCCC(C2)N3C)C1. The first-order chi connectivity index (χ1) is 8.28. The van der Waals surface area contributed by atoms with Gasteiger partial charge in [-0.05, 0) is 46.2 Å². The molecule has 3 aliphatic heterocycles. The van der Waals surface area contributed by atoms with Gasteiger partial charge in [-0.25, -0.2) is 0 Å². The predicted octanol–water partition coefficient (Wildman–Crippen LogP) is 1.30. The molecular formula is C14H27N3. The molecule has 0 aliphatic carbocycles. The average molecular weight is 237 g/mol. The zero-order valence-corrected chi connectivity index (χ0v) is 11.4. The minimum absolute atomic E-state index is 0.745. The molecule has 3 saturated heterocycles. The van der Waals surface area contributed by atoms with Gasteiger partial charge in [0.2, 0.25) is 0 Å². The first-order valence-electron chi connectivity index (χ1n) is 7.41. The molecule has 17 heavy (non-hydrogen) atoms. The quantitative estimate of drug-likeness (QED) is 0.781. The van der Waals surface area contributed by atoms with Crippen LogP contribution in [0.1, 0.15) is 38.5 Å². The Balaban J connectivity index is 1.62. The maximum atomic E-state index is 3.44. The van der Waals surface area contributed by atoms with E-state index in [9.17, 15) is 0 Å². The van der Waals surface area contributed by atoms with E-state index in [0.717, 1.165) is 24.2 Å². The third kappa shape index (κ3) is 2.25. The van der Waals surface area contributed by atoms with Gasteiger partial charge in [-0.15, -0.1) is 0 Å². The minimum atomic E-state index is 0.745. The fourth-order valence-electron chi connectivity index (χ4n) is 4.24. The summed E-state index contributed by atoms with van der Waals surface area (Å²) in [4.78, 5) is 5.44. The predicted molar refractivity (Wildman–Crippen MR) is 71.2 cm³/mol. The monoisotopic (exact) mass is 237 g/mol. The Labute approximate surface area is 106 Å². The van der Waals surface area contributed by atoms with Crippen molar-refractivity contribution in [2.24, 2.45) is 0 Å². The summed E-state index contributed by atoms with van der Waals surface area (Å²) in [6.45, 7) is 2.60. The molecule has 0 aromatic rings. The molecule has 0 saturated carbocycles. The first kappa shape index (κ1) is 11.9. The zero-order valence-electron chi connectivity index (χ0n) is 11.4. The number of fused-ring (bicyclic) bond motifs is 2. The summed E-state index contributed by atoms with van der Waals surface area (Å²) in [5.41, 5.74) is 0. The summed E-state index contributed by atoms with van der Waals surface area (Å²) in [6.07, 6.45) is 8.52. The molecule has 1 N–H and O–H groups in total. The highest BCUT2D eigenvalue weighted by Crippen LogP contribution is 2.35. The highest BCUT2D eigenvalue weighted by atomic mass is 15.3. The van der Waals surface area contributed by atoms with Crippen LogP contribution in [0.5, 0.6) is 0 Å².